The fourth-order valence-electron chi connectivity index (χ4n) is 1.64. The van der Waals surface area contributed by atoms with Gasteiger partial charge in [0.15, 0.2) is 0 Å². The zero-order valence-electron chi connectivity index (χ0n) is 11.5. The monoisotopic (exact) mass is 246 g/mol. The van der Waals surface area contributed by atoms with Crippen LogP contribution in [0.4, 0.5) is 0 Å². The summed E-state index contributed by atoms with van der Waals surface area (Å²) in [5.74, 6) is 0. The van der Waals surface area contributed by atoms with E-state index < -0.39 is 0 Å². The largest absolute Gasteiger partial charge is 0.295 e. The summed E-state index contributed by atoms with van der Waals surface area (Å²) >= 11 is 0. The number of nitrogens with zero attached hydrogens (tertiary/aromatic N) is 2. The summed E-state index contributed by atoms with van der Waals surface area (Å²) in [7, 11) is 9.23. The third-order valence-corrected chi connectivity index (χ3v) is 5.21. The first-order valence-corrected chi connectivity index (χ1v) is 6.75. The fraction of sp³-hybridized carbons (Fsp3) is 0.429. The zero-order valence-corrected chi connectivity index (χ0v) is 12.5. The van der Waals surface area contributed by atoms with Crippen LogP contribution in [0.15, 0.2) is 30.8 Å². The van der Waals surface area contributed by atoms with Gasteiger partial charge in [0.05, 0.1) is 5.29 Å². The first-order valence-electron chi connectivity index (χ1n) is 5.75. The van der Waals surface area contributed by atoms with E-state index in [0.717, 1.165) is 0 Å². The zero-order chi connectivity index (χ0) is 13.1. The molecule has 0 saturated carbocycles. The highest BCUT2D eigenvalue weighted by Gasteiger charge is 2.30. The predicted octanol–water partition coefficient (Wildman–Crippen LogP) is 1.46. The van der Waals surface area contributed by atoms with Crippen molar-refractivity contribution in [3.05, 3.63) is 36.4 Å². The standard InChI is InChI=1S/C14H22N2Si/c1-7-12-9-8-10-13(11-12)17-14(2,15(3)4)16(5)6/h7-11H,1H2,2-6H3. The van der Waals surface area contributed by atoms with Crippen molar-refractivity contribution in [3.63, 3.8) is 0 Å². The molecule has 1 aromatic carbocycles. The molecule has 0 N–H and O–H groups in total. The Kier molecular flexibility index (Phi) is 4.68. The van der Waals surface area contributed by atoms with Crippen molar-refractivity contribution in [2.24, 2.45) is 0 Å². The minimum absolute atomic E-state index is 0.0554. The van der Waals surface area contributed by atoms with Gasteiger partial charge in [0.1, 0.15) is 9.52 Å². The maximum Gasteiger partial charge on any atom is 0.127 e. The summed E-state index contributed by atoms with van der Waals surface area (Å²) in [5.41, 5.74) is 1.19. The van der Waals surface area contributed by atoms with E-state index in [1.807, 2.05) is 6.08 Å². The maximum atomic E-state index is 3.82. The van der Waals surface area contributed by atoms with Gasteiger partial charge in [-0.25, -0.2) is 0 Å². The van der Waals surface area contributed by atoms with Crippen molar-refractivity contribution in [3.8, 4) is 0 Å². The molecule has 0 aromatic heterocycles. The average Bonchev–Trinajstić information content (AvgIpc) is 2.28. The van der Waals surface area contributed by atoms with Gasteiger partial charge in [-0.3, -0.25) is 9.80 Å². The molecule has 0 aliphatic rings. The predicted molar refractivity (Wildman–Crippen MR) is 77.7 cm³/mol. The maximum absolute atomic E-state index is 3.82. The average molecular weight is 246 g/mol. The number of benzene rings is 1. The molecule has 1 aromatic rings. The van der Waals surface area contributed by atoms with Gasteiger partial charge in [-0.1, -0.05) is 42.1 Å². The van der Waals surface area contributed by atoms with E-state index >= 15 is 0 Å². The Balaban J connectivity index is 2.97. The molecule has 0 bridgehead atoms. The summed E-state index contributed by atoms with van der Waals surface area (Å²) in [6.07, 6.45) is 1.90. The Hall–Kier alpha value is -0.903. The van der Waals surface area contributed by atoms with Crippen LogP contribution in [0, 0.1) is 0 Å². The summed E-state index contributed by atoms with van der Waals surface area (Å²) in [6.45, 7) is 6.09. The molecular formula is C14H22N2Si. The molecule has 0 heterocycles. The lowest BCUT2D eigenvalue weighted by atomic mass is 10.2. The van der Waals surface area contributed by atoms with Crippen LogP contribution in [0.3, 0.4) is 0 Å². The van der Waals surface area contributed by atoms with Gasteiger partial charge in [-0.15, -0.1) is 0 Å². The topological polar surface area (TPSA) is 6.48 Å². The van der Waals surface area contributed by atoms with Crippen LogP contribution in [0.5, 0.6) is 0 Å². The van der Waals surface area contributed by atoms with Gasteiger partial charge in [-0.2, -0.15) is 0 Å². The van der Waals surface area contributed by atoms with E-state index in [9.17, 15) is 0 Å². The first kappa shape index (κ1) is 14.2. The summed E-state index contributed by atoms with van der Waals surface area (Å²) in [5, 5.41) is 1.42. The fourth-order valence-corrected chi connectivity index (χ4v) is 3.05. The molecule has 0 aliphatic carbocycles. The molecule has 0 saturated heterocycles. The van der Waals surface area contributed by atoms with Gasteiger partial charge in [0.2, 0.25) is 0 Å². The van der Waals surface area contributed by atoms with Crippen LogP contribution in [-0.4, -0.2) is 52.8 Å². The van der Waals surface area contributed by atoms with Crippen molar-refractivity contribution in [2.75, 3.05) is 28.2 Å². The van der Waals surface area contributed by atoms with E-state index in [2.05, 4.69) is 75.8 Å². The molecule has 0 spiro atoms. The highest BCUT2D eigenvalue weighted by atomic mass is 28.2. The van der Waals surface area contributed by atoms with E-state index in [4.69, 9.17) is 0 Å². The highest BCUT2D eigenvalue weighted by molar-refractivity contribution is 6.56. The second kappa shape index (κ2) is 5.62. The third-order valence-electron chi connectivity index (χ3n) is 3.25. The van der Waals surface area contributed by atoms with Crippen molar-refractivity contribution < 1.29 is 0 Å². The SMILES string of the molecule is C=Cc1cccc([Si]C(C)(N(C)C)N(C)C)c1. The Morgan fingerprint density at radius 3 is 2.24 bits per heavy atom. The van der Waals surface area contributed by atoms with Crippen molar-refractivity contribution in [1.82, 2.24) is 9.80 Å². The van der Waals surface area contributed by atoms with Gasteiger partial charge in [-0.05, 0) is 40.7 Å². The van der Waals surface area contributed by atoms with Crippen LogP contribution in [0.1, 0.15) is 12.5 Å². The lowest BCUT2D eigenvalue weighted by Gasteiger charge is -2.42. The van der Waals surface area contributed by atoms with Gasteiger partial charge in [0.25, 0.3) is 0 Å². The molecule has 92 valence electrons. The van der Waals surface area contributed by atoms with Gasteiger partial charge >= 0.3 is 0 Å². The lowest BCUT2D eigenvalue weighted by molar-refractivity contribution is 0.101. The Morgan fingerprint density at radius 2 is 1.76 bits per heavy atom. The Morgan fingerprint density at radius 1 is 1.18 bits per heavy atom. The number of hydrogen-bond donors (Lipinski definition) is 0. The summed E-state index contributed by atoms with van der Waals surface area (Å²) < 4.78 is 0. The molecule has 0 aliphatic heterocycles. The molecule has 2 nitrogen and oxygen atoms in total. The minimum Gasteiger partial charge on any atom is -0.295 e. The molecular weight excluding hydrogens is 224 g/mol. The van der Waals surface area contributed by atoms with E-state index in [0.29, 0.717) is 9.52 Å². The molecule has 0 fully saturated rings. The Bertz CT molecular complexity index is 378. The second-order valence-electron chi connectivity index (χ2n) is 4.76. The van der Waals surface area contributed by atoms with Crippen molar-refractivity contribution in [2.45, 2.75) is 12.2 Å². The molecule has 2 radical (unpaired) electrons. The van der Waals surface area contributed by atoms with Gasteiger partial charge in [0, 0.05) is 0 Å². The normalized spacial score (nSPS) is 12.2. The van der Waals surface area contributed by atoms with Crippen LogP contribution in [-0.2, 0) is 0 Å². The Labute approximate surface area is 108 Å². The van der Waals surface area contributed by atoms with E-state index in [1.165, 1.54) is 10.8 Å². The molecule has 0 atom stereocenters. The highest BCUT2D eigenvalue weighted by Crippen LogP contribution is 2.12. The van der Waals surface area contributed by atoms with Crippen LogP contribution in [0.2, 0.25) is 0 Å². The molecule has 3 heteroatoms. The second-order valence-corrected chi connectivity index (χ2v) is 6.54. The summed E-state index contributed by atoms with van der Waals surface area (Å²) in [6, 6.07) is 8.60. The van der Waals surface area contributed by atoms with E-state index in [-0.39, 0.29) is 5.29 Å². The third kappa shape index (κ3) is 3.28. The first-order chi connectivity index (χ1) is 7.90. The van der Waals surface area contributed by atoms with Crippen molar-refractivity contribution in [1.29, 1.82) is 0 Å². The molecule has 0 amide bonds. The molecule has 17 heavy (non-hydrogen) atoms. The molecule has 0 unspecified atom stereocenters. The van der Waals surface area contributed by atoms with Crippen LogP contribution in [0.25, 0.3) is 6.08 Å². The van der Waals surface area contributed by atoms with Crippen LogP contribution < -0.4 is 5.19 Å². The van der Waals surface area contributed by atoms with Gasteiger partial charge < -0.3 is 0 Å². The quantitative estimate of drug-likeness (QED) is 0.573. The smallest absolute Gasteiger partial charge is 0.127 e. The molecule has 1 rings (SSSR count). The lowest BCUT2D eigenvalue weighted by Crippen LogP contribution is -2.60. The van der Waals surface area contributed by atoms with Crippen LogP contribution >= 0.6 is 0 Å². The van der Waals surface area contributed by atoms with E-state index in [1.54, 1.807) is 0 Å². The summed E-state index contributed by atoms with van der Waals surface area (Å²) in [4.78, 5) is 4.54. The number of hydrogen-bond acceptors (Lipinski definition) is 2. The van der Waals surface area contributed by atoms with Crippen molar-refractivity contribution >= 4 is 20.8 Å². The number of rotatable bonds is 5. The minimum atomic E-state index is 0.0554.